The second-order valence-electron chi connectivity index (χ2n) is 6.14. The Bertz CT molecular complexity index is 447. The van der Waals surface area contributed by atoms with Gasteiger partial charge in [-0.3, -0.25) is 0 Å². The monoisotopic (exact) mass is 342 g/mol. The van der Waals surface area contributed by atoms with E-state index < -0.39 is 12.1 Å². The fourth-order valence-corrected chi connectivity index (χ4v) is 2.61. The maximum atomic E-state index is 12.8. The summed E-state index contributed by atoms with van der Waals surface area (Å²) in [5.74, 6) is -0.127. The number of hydrazine groups is 1. The quantitative estimate of drug-likeness (QED) is 0.572. The highest BCUT2D eigenvalue weighted by Gasteiger charge is 2.33. The van der Waals surface area contributed by atoms with Crippen LogP contribution in [0.2, 0.25) is 0 Å². The molecule has 9 heteroatoms. The van der Waals surface area contributed by atoms with E-state index in [0.29, 0.717) is 58.9 Å². The van der Waals surface area contributed by atoms with Crippen molar-refractivity contribution in [1.82, 2.24) is 20.2 Å². The molecule has 24 heavy (non-hydrogen) atoms. The summed E-state index contributed by atoms with van der Waals surface area (Å²) in [7, 11) is 0. The lowest BCUT2D eigenvalue weighted by Gasteiger charge is -2.38. The van der Waals surface area contributed by atoms with E-state index in [1.54, 1.807) is 9.80 Å². The van der Waals surface area contributed by atoms with Gasteiger partial charge in [0.1, 0.15) is 12.3 Å². The van der Waals surface area contributed by atoms with Crippen molar-refractivity contribution in [3.05, 3.63) is 0 Å². The molecule has 0 radical (unpaired) electrons. The molecular weight excluding hydrogens is 316 g/mol. The molecule has 0 aromatic heterocycles. The zero-order valence-corrected chi connectivity index (χ0v) is 14.3. The van der Waals surface area contributed by atoms with Gasteiger partial charge in [-0.15, -0.1) is 0 Å². The maximum Gasteiger partial charge on any atom is 0.339 e. The zero-order chi connectivity index (χ0) is 17.5. The smallest absolute Gasteiger partial charge is 0.339 e. The molecule has 0 aromatic rings. The molecule has 4 amide bonds. The Morgan fingerprint density at radius 3 is 1.96 bits per heavy atom. The summed E-state index contributed by atoms with van der Waals surface area (Å²) in [5, 5.41) is 1.15. The van der Waals surface area contributed by atoms with E-state index in [1.165, 1.54) is 0 Å². The number of amides is 4. The molecule has 9 nitrogen and oxygen atoms in total. The third-order valence-corrected chi connectivity index (χ3v) is 4.12. The summed E-state index contributed by atoms with van der Waals surface area (Å²) in [6.07, 6.45) is 0.697. The third-order valence-electron chi connectivity index (χ3n) is 4.12. The maximum absolute atomic E-state index is 12.8. The molecule has 0 aromatic carbocycles. The van der Waals surface area contributed by atoms with E-state index in [-0.39, 0.29) is 11.9 Å². The Hall–Kier alpha value is -1.87. The number of carbonyl (C=O) groups excluding carboxylic acids is 3. The lowest BCUT2D eigenvalue weighted by atomic mass is 10.1. The van der Waals surface area contributed by atoms with E-state index in [2.05, 4.69) is 5.43 Å². The van der Waals surface area contributed by atoms with Crippen LogP contribution in [-0.2, 0) is 14.3 Å². The number of urea groups is 2. The van der Waals surface area contributed by atoms with Crippen molar-refractivity contribution in [3.63, 3.8) is 0 Å². The van der Waals surface area contributed by atoms with Crippen molar-refractivity contribution in [2.75, 3.05) is 52.6 Å². The van der Waals surface area contributed by atoms with E-state index in [1.807, 2.05) is 13.8 Å². The van der Waals surface area contributed by atoms with Crippen molar-refractivity contribution < 1.29 is 23.9 Å². The summed E-state index contributed by atoms with van der Waals surface area (Å²) >= 11 is 0. The molecular formula is C15H26N4O5. The van der Waals surface area contributed by atoms with Gasteiger partial charge in [-0.2, -0.15) is 0 Å². The lowest BCUT2D eigenvalue weighted by Crippen LogP contribution is -2.62. The second kappa shape index (κ2) is 8.84. The molecule has 0 saturated carbocycles. The molecule has 2 aliphatic rings. The lowest BCUT2D eigenvalue weighted by molar-refractivity contribution is -0.113. The number of nitrogens with one attached hydrogen (secondary N) is 1. The Labute approximate surface area is 141 Å². The molecule has 0 aliphatic carbocycles. The number of hydrogen-bond acceptors (Lipinski definition) is 5. The first-order valence-corrected chi connectivity index (χ1v) is 8.29. The van der Waals surface area contributed by atoms with Crippen LogP contribution in [0.25, 0.3) is 0 Å². The summed E-state index contributed by atoms with van der Waals surface area (Å²) in [6, 6.07) is -1.51. The molecule has 1 atom stereocenters. The summed E-state index contributed by atoms with van der Waals surface area (Å²) in [5.41, 5.74) is 2.62. The van der Waals surface area contributed by atoms with Gasteiger partial charge in [-0.1, -0.05) is 13.8 Å². The normalized spacial score (nSPS) is 19.8. The van der Waals surface area contributed by atoms with Crippen LogP contribution in [0.5, 0.6) is 0 Å². The van der Waals surface area contributed by atoms with Crippen LogP contribution >= 0.6 is 0 Å². The number of carbonyl (C=O) groups is 3. The van der Waals surface area contributed by atoms with Crippen molar-refractivity contribution in [2.24, 2.45) is 5.92 Å². The molecule has 0 unspecified atom stereocenters. The number of morpholine rings is 2. The number of nitrogens with zero attached hydrogens (tertiary/aromatic N) is 3. The SMILES string of the molecule is CC(C)[C@H](C=O)N(NC(=O)N1CCOCC1)C(=O)N1CCOCC1. The van der Waals surface area contributed by atoms with E-state index in [0.717, 1.165) is 5.01 Å². The van der Waals surface area contributed by atoms with Crippen LogP contribution in [0.4, 0.5) is 9.59 Å². The fourth-order valence-electron chi connectivity index (χ4n) is 2.61. The fraction of sp³-hybridized carbons (Fsp3) is 0.800. The standard InChI is InChI=1S/C15H26N4O5/c1-12(2)13(11-20)19(15(22)18-5-9-24-10-6-18)16-14(21)17-3-7-23-8-4-17/h11-13H,3-10H2,1-2H3,(H,16,21)/t13-/m0/s1. The summed E-state index contributed by atoms with van der Waals surface area (Å²) in [4.78, 5) is 39.9. The second-order valence-corrected chi connectivity index (χ2v) is 6.14. The molecule has 136 valence electrons. The molecule has 2 heterocycles. The molecule has 2 fully saturated rings. The van der Waals surface area contributed by atoms with Crippen LogP contribution in [0, 0.1) is 5.92 Å². The van der Waals surface area contributed by atoms with Crippen LogP contribution in [-0.4, -0.2) is 91.8 Å². The van der Waals surface area contributed by atoms with Gasteiger partial charge in [0, 0.05) is 26.2 Å². The minimum Gasteiger partial charge on any atom is -0.378 e. The molecule has 1 N–H and O–H groups in total. The van der Waals surface area contributed by atoms with Crippen molar-refractivity contribution in [1.29, 1.82) is 0 Å². The van der Waals surface area contributed by atoms with Gasteiger partial charge in [0.15, 0.2) is 0 Å². The van der Waals surface area contributed by atoms with Crippen molar-refractivity contribution >= 4 is 18.3 Å². The number of ether oxygens (including phenoxy) is 2. The zero-order valence-electron chi connectivity index (χ0n) is 14.3. The molecule has 2 aliphatic heterocycles. The average molecular weight is 342 g/mol. The van der Waals surface area contributed by atoms with Crippen LogP contribution in [0.15, 0.2) is 0 Å². The number of rotatable bonds is 3. The first kappa shape index (κ1) is 18.5. The van der Waals surface area contributed by atoms with E-state index in [4.69, 9.17) is 9.47 Å². The Kier molecular flexibility index (Phi) is 6.80. The largest absolute Gasteiger partial charge is 0.378 e. The third kappa shape index (κ3) is 4.57. The predicted octanol–water partition coefficient (Wildman–Crippen LogP) is -0.0791. The molecule has 0 bridgehead atoms. The predicted molar refractivity (Wildman–Crippen MR) is 85.2 cm³/mol. The summed E-state index contributed by atoms with van der Waals surface area (Å²) < 4.78 is 10.5. The van der Waals surface area contributed by atoms with Gasteiger partial charge in [0.05, 0.1) is 26.4 Å². The summed E-state index contributed by atoms with van der Waals surface area (Å²) in [6.45, 7) is 7.28. The Balaban J connectivity index is 2.10. The van der Waals surface area contributed by atoms with Gasteiger partial charge >= 0.3 is 12.1 Å². The van der Waals surface area contributed by atoms with Crippen LogP contribution < -0.4 is 5.43 Å². The van der Waals surface area contributed by atoms with Gasteiger partial charge in [-0.25, -0.2) is 20.0 Å². The highest BCUT2D eigenvalue weighted by molar-refractivity contribution is 5.83. The topological polar surface area (TPSA) is 91.4 Å². The van der Waals surface area contributed by atoms with E-state index >= 15 is 0 Å². The van der Waals surface area contributed by atoms with E-state index in [9.17, 15) is 14.4 Å². The highest BCUT2D eigenvalue weighted by Crippen LogP contribution is 2.12. The van der Waals surface area contributed by atoms with Gasteiger partial charge in [0.25, 0.3) is 0 Å². The minimum absolute atomic E-state index is 0.127. The van der Waals surface area contributed by atoms with Crippen molar-refractivity contribution in [2.45, 2.75) is 19.9 Å². The molecule has 2 rings (SSSR count). The van der Waals surface area contributed by atoms with Crippen molar-refractivity contribution in [3.8, 4) is 0 Å². The van der Waals surface area contributed by atoms with Crippen LogP contribution in [0.3, 0.4) is 0 Å². The first-order valence-electron chi connectivity index (χ1n) is 8.29. The minimum atomic E-state index is -0.731. The van der Waals surface area contributed by atoms with Gasteiger partial charge < -0.3 is 24.1 Å². The number of hydrogen-bond donors (Lipinski definition) is 1. The Morgan fingerprint density at radius 2 is 1.50 bits per heavy atom. The molecule has 0 spiro atoms. The average Bonchev–Trinajstić information content (AvgIpc) is 2.62. The first-order chi connectivity index (χ1) is 11.5. The van der Waals surface area contributed by atoms with Gasteiger partial charge in [-0.05, 0) is 5.92 Å². The van der Waals surface area contributed by atoms with Crippen LogP contribution in [0.1, 0.15) is 13.8 Å². The van der Waals surface area contributed by atoms with Gasteiger partial charge in [0.2, 0.25) is 0 Å². The Morgan fingerprint density at radius 1 is 1.00 bits per heavy atom. The molecule has 2 saturated heterocycles. The highest BCUT2D eigenvalue weighted by atomic mass is 16.5. The number of aldehydes is 1.